The monoisotopic (exact) mass is 1460 g/mol. The van der Waals surface area contributed by atoms with Gasteiger partial charge in [0.2, 0.25) is 53.5 Å². The lowest BCUT2D eigenvalue weighted by Crippen LogP contribution is -2.59. The molecule has 6 N–H and O–H groups in total. The minimum atomic E-state index is 0.0260. The largest absolute Gasteiger partial charge is 0.354 e. The highest BCUT2D eigenvalue weighted by molar-refractivity contribution is 5.48. The summed E-state index contributed by atoms with van der Waals surface area (Å²) >= 11 is 0. The fraction of sp³-hybridized carbons (Fsp3) is 0.889. The van der Waals surface area contributed by atoms with Crippen molar-refractivity contribution in [1.29, 1.82) is 0 Å². The molecular weight excluding hydrogens is 1310 g/mol. The highest BCUT2D eigenvalue weighted by Crippen LogP contribution is 2.46. The lowest BCUT2D eigenvalue weighted by molar-refractivity contribution is -0.0271. The van der Waals surface area contributed by atoms with E-state index in [0.717, 1.165) is 116 Å². The van der Waals surface area contributed by atoms with Crippen molar-refractivity contribution in [2.75, 3.05) is 168 Å². The van der Waals surface area contributed by atoms with Crippen molar-refractivity contribution in [3.05, 3.63) is 0 Å². The summed E-state index contributed by atoms with van der Waals surface area (Å²) < 4.78 is 0. The highest BCUT2D eigenvalue weighted by atomic mass is 15.4. The molecule has 596 valence electrons. The van der Waals surface area contributed by atoms with Gasteiger partial charge >= 0.3 is 0 Å². The smallest absolute Gasteiger partial charge is 0.232 e. The van der Waals surface area contributed by atoms with Crippen LogP contribution in [0.5, 0.6) is 0 Å². The van der Waals surface area contributed by atoms with E-state index in [1.165, 1.54) is 0 Å². The van der Waals surface area contributed by atoms with Gasteiger partial charge in [-0.1, -0.05) is 0 Å². The molecule has 105 heavy (non-hydrogen) atoms. The summed E-state index contributed by atoms with van der Waals surface area (Å²) in [6, 6.07) is 0. The number of piperidine rings is 6. The summed E-state index contributed by atoms with van der Waals surface area (Å²) in [6.07, 6.45) is 12.8. The zero-order valence-electron chi connectivity index (χ0n) is 72.6. The van der Waals surface area contributed by atoms with Gasteiger partial charge in [-0.2, -0.15) is 44.9 Å². The SMILES string of the molecule is CN(CCN(CCN(C)c1nc(NCC2CC(C)(C)N(C)C(C)(C)C2)nc(NCC2CC(C)(C)N(C)C(C)(C)C2)n1)c1nc(NCC2CC(C)(C)N(C)C(C)(C)C2)nc(NCC2CC(C)(C)N(C)C(C)(C)C2)n1)c1nc(NCC2CC(C)(C)N(C)C(C)(C)C2)nc(NCC2CC(C)(C)N(C)C(C)(C)C2)n1. The maximum Gasteiger partial charge on any atom is 0.232 e. The van der Waals surface area contributed by atoms with Crippen molar-refractivity contribution in [1.82, 2.24) is 74.3 Å². The number of nitrogens with zero attached hydrogens (tertiary/aromatic N) is 18. The predicted octanol–water partition coefficient (Wildman–Crippen LogP) is 13.2. The first kappa shape index (κ1) is 84.0. The lowest BCUT2D eigenvalue weighted by atomic mass is 9.74. The summed E-state index contributed by atoms with van der Waals surface area (Å²) in [5.74, 6) is 7.78. The highest BCUT2D eigenvalue weighted by Gasteiger charge is 2.49. The average Bonchev–Trinajstić information content (AvgIpc) is 0.799. The summed E-state index contributed by atoms with van der Waals surface area (Å²) in [5, 5.41) is 22.8. The van der Waals surface area contributed by atoms with Gasteiger partial charge in [0.05, 0.1) is 0 Å². The van der Waals surface area contributed by atoms with Gasteiger partial charge in [0, 0.05) is 146 Å². The van der Waals surface area contributed by atoms with Crippen molar-refractivity contribution in [2.24, 2.45) is 35.5 Å². The Labute approximate surface area is 638 Å². The lowest BCUT2D eigenvalue weighted by Gasteiger charge is -2.53. The minimum absolute atomic E-state index is 0.0260. The maximum absolute atomic E-state index is 5.45. The molecule has 24 heteroatoms. The minimum Gasteiger partial charge on any atom is -0.354 e. The summed E-state index contributed by atoms with van der Waals surface area (Å²) in [6.45, 7) is 63.7. The number of hydrogen-bond donors (Lipinski definition) is 6. The number of anilines is 9. The van der Waals surface area contributed by atoms with Gasteiger partial charge in [-0.05, 0) is 321 Å². The first-order valence-electron chi connectivity index (χ1n) is 40.4. The molecule has 6 fully saturated rings. The average molecular weight is 1460 g/mol. The Hall–Kier alpha value is -5.01. The molecular formula is C81H152N24. The molecule has 9 heterocycles. The van der Waals surface area contributed by atoms with Crippen molar-refractivity contribution >= 4 is 53.5 Å². The van der Waals surface area contributed by atoms with E-state index in [4.69, 9.17) is 44.9 Å². The van der Waals surface area contributed by atoms with Crippen LogP contribution in [0.25, 0.3) is 0 Å². The van der Waals surface area contributed by atoms with Crippen LogP contribution in [0, 0.1) is 35.5 Å². The number of likely N-dealkylation sites (N-methyl/N-ethyl adjacent to an activating group) is 2. The van der Waals surface area contributed by atoms with Crippen molar-refractivity contribution in [3.8, 4) is 0 Å². The molecule has 0 unspecified atom stereocenters. The van der Waals surface area contributed by atoms with Crippen molar-refractivity contribution in [3.63, 3.8) is 0 Å². The van der Waals surface area contributed by atoms with E-state index in [9.17, 15) is 0 Å². The molecule has 24 nitrogen and oxygen atoms in total. The van der Waals surface area contributed by atoms with E-state index in [1.54, 1.807) is 0 Å². The molecule has 0 saturated carbocycles. The fourth-order valence-electron chi connectivity index (χ4n) is 20.9. The quantitative estimate of drug-likeness (QED) is 0.0418. The standard InChI is InChI=1S/C81H152N24/c1-70(2)37-55(38-71(3,4)99(70)27)49-82-61-88-62(83-50-56-39-72(5,6)100(28)73(7,8)40-56)92-67(91-61)97(25)33-35-105(69-95-65(86-53-59-45-78(17,18)103(31)79(19,20)46-59)90-66(96-69)87-54-60-47-80(21,22)104(32)81(23,24)48-60)36-34-98(26)68-93-63(84-51-57-41-74(9,10)101(29)75(11,12)42-57)89-64(94-68)85-52-58-43-76(13,14)102(30)77(15,16)44-58/h55-60H,33-54H2,1-32H3,(H2,82,83,88,91,92)(H2,84,85,89,93,94)(H2,86,87,90,95,96). The Morgan fingerprint density at radius 3 is 0.533 bits per heavy atom. The third-order valence-electron chi connectivity index (χ3n) is 27.9. The third-order valence-corrected chi connectivity index (χ3v) is 27.9. The number of rotatable bonds is 27. The molecule has 3 aromatic rings. The fourth-order valence-corrected chi connectivity index (χ4v) is 20.9. The number of aromatic nitrogens is 9. The molecule has 0 radical (unpaired) electrons. The number of hydrogen-bond acceptors (Lipinski definition) is 24. The molecule has 0 amide bonds. The molecule has 0 bridgehead atoms. The van der Waals surface area contributed by atoms with Gasteiger partial charge in [-0.3, -0.25) is 29.4 Å². The van der Waals surface area contributed by atoms with Crippen molar-refractivity contribution in [2.45, 2.75) is 310 Å². The zero-order valence-corrected chi connectivity index (χ0v) is 72.6. The Bertz CT molecular complexity index is 2940. The summed E-state index contributed by atoms with van der Waals surface area (Å²) in [7, 11) is 17.9. The van der Waals surface area contributed by atoms with E-state index in [-0.39, 0.29) is 66.5 Å². The van der Waals surface area contributed by atoms with Crippen LogP contribution in [0.4, 0.5) is 53.5 Å². The number of nitrogens with one attached hydrogen (secondary N) is 6. The summed E-state index contributed by atoms with van der Waals surface area (Å²) in [5.41, 5.74) is 0.478. The molecule has 6 aliphatic heterocycles. The van der Waals surface area contributed by atoms with Crippen molar-refractivity contribution < 1.29 is 0 Å². The number of likely N-dealkylation sites (tertiary alicyclic amines) is 6. The third kappa shape index (κ3) is 20.1. The van der Waals surface area contributed by atoms with E-state index < -0.39 is 0 Å². The van der Waals surface area contributed by atoms with E-state index in [1.807, 2.05) is 0 Å². The van der Waals surface area contributed by atoms with Gasteiger partial charge < -0.3 is 46.6 Å². The van der Waals surface area contributed by atoms with Crippen LogP contribution in [-0.4, -0.2) is 263 Å². The van der Waals surface area contributed by atoms with Crippen LogP contribution < -0.4 is 46.6 Å². The first-order chi connectivity index (χ1) is 48.1. The molecule has 0 aliphatic carbocycles. The van der Waals surface area contributed by atoms with Crippen LogP contribution in [0.3, 0.4) is 0 Å². The van der Waals surface area contributed by atoms with Gasteiger partial charge in [-0.25, -0.2) is 0 Å². The van der Waals surface area contributed by atoms with Crippen LogP contribution in [0.15, 0.2) is 0 Å². The molecule has 3 aromatic heterocycles. The topological polar surface area (TPSA) is 217 Å². The normalized spacial score (nSPS) is 25.1. The maximum atomic E-state index is 5.45. The summed E-state index contributed by atoms with van der Waals surface area (Å²) in [4.78, 5) is 69.6. The van der Waals surface area contributed by atoms with Gasteiger partial charge in [-0.15, -0.1) is 0 Å². The molecule has 0 spiro atoms. The van der Waals surface area contributed by atoms with Crippen LogP contribution >= 0.6 is 0 Å². The Kier molecular flexibility index (Phi) is 24.6. The second kappa shape index (κ2) is 30.7. The first-order valence-corrected chi connectivity index (χ1v) is 40.4. The molecule has 6 aliphatic rings. The molecule has 0 aromatic carbocycles. The van der Waals surface area contributed by atoms with E-state index in [2.05, 4.69) is 299 Å². The van der Waals surface area contributed by atoms with E-state index in [0.29, 0.717) is 115 Å². The Morgan fingerprint density at radius 1 is 0.238 bits per heavy atom. The van der Waals surface area contributed by atoms with Crippen LogP contribution in [-0.2, 0) is 0 Å². The van der Waals surface area contributed by atoms with Gasteiger partial charge in [0.25, 0.3) is 0 Å². The van der Waals surface area contributed by atoms with E-state index >= 15 is 0 Å². The predicted molar refractivity (Wildman–Crippen MR) is 441 cm³/mol. The molecule has 9 rings (SSSR count). The van der Waals surface area contributed by atoms with Crippen LogP contribution in [0.2, 0.25) is 0 Å². The molecule has 0 atom stereocenters. The van der Waals surface area contributed by atoms with Crippen LogP contribution in [0.1, 0.15) is 243 Å². The second-order valence-electron chi connectivity index (χ2n) is 41.7. The molecule has 6 saturated heterocycles. The zero-order chi connectivity index (χ0) is 78.0. The Morgan fingerprint density at radius 2 is 0.381 bits per heavy atom. The second-order valence-corrected chi connectivity index (χ2v) is 41.7. The Balaban J connectivity index is 1.07. The van der Waals surface area contributed by atoms with Gasteiger partial charge in [0.1, 0.15) is 0 Å². The van der Waals surface area contributed by atoms with Gasteiger partial charge in [0.15, 0.2) is 0 Å².